The van der Waals surface area contributed by atoms with E-state index in [0.717, 1.165) is 38.1 Å². The van der Waals surface area contributed by atoms with Crippen molar-refractivity contribution in [1.29, 1.82) is 0 Å². The number of hydrogen-bond acceptors (Lipinski definition) is 4. The van der Waals surface area contributed by atoms with E-state index in [2.05, 4.69) is 10.3 Å². The summed E-state index contributed by atoms with van der Waals surface area (Å²) in [5, 5.41) is 11.8. The van der Waals surface area contributed by atoms with Gasteiger partial charge in [-0.05, 0) is 19.4 Å². The normalized spacial score (nSPS) is 10.6. The molecule has 0 bridgehead atoms. The summed E-state index contributed by atoms with van der Waals surface area (Å²) >= 11 is 0. The first-order valence-electron chi connectivity index (χ1n) is 5.12. The molecule has 80 valence electrons. The number of hydrogen-bond donors (Lipinski definition) is 2. The number of aromatic nitrogens is 1. The van der Waals surface area contributed by atoms with Gasteiger partial charge < -0.3 is 14.8 Å². The standard InChI is InChI=1S/C10H18N2O2/c13-6-4-2-1-3-5-11-7-10-8-12-9-14-10/h8-9,11,13H,1-7H2. The second kappa shape index (κ2) is 7.53. The minimum absolute atomic E-state index is 0.311. The summed E-state index contributed by atoms with van der Waals surface area (Å²) in [6, 6.07) is 0. The molecule has 2 N–H and O–H groups in total. The van der Waals surface area contributed by atoms with Gasteiger partial charge in [0, 0.05) is 6.61 Å². The van der Waals surface area contributed by atoms with E-state index in [9.17, 15) is 0 Å². The van der Waals surface area contributed by atoms with Crippen LogP contribution in [0.5, 0.6) is 0 Å². The Morgan fingerprint density at radius 2 is 2.14 bits per heavy atom. The molecule has 1 aromatic rings. The Morgan fingerprint density at radius 1 is 1.29 bits per heavy atom. The van der Waals surface area contributed by atoms with Crippen molar-refractivity contribution < 1.29 is 9.52 Å². The molecule has 0 aliphatic rings. The maximum absolute atomic E-state index is 8.56. The quantitative estimate of drug-likeness (QED) is 0.618. The van der Waals surface area contributed by atoms with Crippen LogP contribution in [0.4, 0.5) is 0 Å². The van der Waals surface area contributed by atoms with Crippen molar-refractivity contribution in [3.05, 3.63) is 18.4 Å². The Bertz CT molecular complexity index is 212. The second-order valence-electron chi connectivity index (χ2n) is 3.28. The molecular formula is C10H18N2O2. The van der Waals surface area contributed by atoms with Crippen molar-refractivity contribution in [2.24, 2.45) is 0 Å². The molecule has 0 amide bonds. The third kappa shape index (κ3) is 4.99. The van der Waals surface area contributed by atoms with E-state index in [-0.39, 0.29) is 0 Å². The van der Waals surface area contributed by atoms with Crippen LogP contribution in [0, 0.1) is 0 Å². The maximum atomic E-state index is 8.56. The average molecular weight is 198 g/mol. The maximum Gasteiger partial charge on any atom is 0.180 e. The third-order valence-corrected chi connectivity index (χ3v) is 2.04. The third-order valence-electron chi connectivity index (χ3n) is 2.04. The highest BCUT2D eigenvalue weighted by atomic mass is 16.3. The molecule has 1 heterocycles. The van der Waals surface area contributed by atoms with E-state index in [4.69, 9.17) is 9.52 Å². The lowest BCUT2D eigenvalue weighted by molar-refractivity contribution is 0.282. The van der Waals surface area contributed by atoms with Crippen LogP contribution in [-0.4, -0.2) is 23.2 Å². The van der Waals surface area contributed by atoms with Gasteiger partial charge in [-0.25, -0.2) is 4.98 Å². The summed E-state index contributed by atoms with van der Waals surface area (Å²) in [5.41, 5.74) is 0. The highest BCUT2D eigenvalue weighted by molar-refractivity contribution is 4.86. The molecule has 0 aliphatic heterocycles. The van der Waals surface area contributed by atoms with Gasteiger partial charge in [-0.1, -0.05) is 12.8 Å². The van der Waals surface area contributed by atoms with E-state index < -0.39 is 0 Å². The van der Waals surface area contributed by atoms with Gasteiger partial charge in [0.1, 0.15) is 5.76 Å². The lowest BCUT2D eigenvalue weighted by atomic mass is 10.2. The molecular weight excluding hydrogens is 180 g/mol. The predicted molar refractivity (Wildman–Crippen MR) is 53.8 cm³/mol. The predicted octanol–water partition coefficient (Wildman–Crippen LogP) is 1.32. The largest absolute Gasteiger partial charge is 0.447 e. The molecule has 4 nitrogen and oxygen atoms in total. The van der Waals surface area contributed by atoms with Gasteiger partial charge in [0.25, 0.3) is 0 Å². The van der Waals surface area contributed by atoms with Crippen LogP contribution < -0.4 is 5.32 Å². The molecule has 0 atom stereocenters. The SMILES string of the molecule is OCCCCCCNCc1cnco1. The fourth-order valence-corrected chi connectivity index (χ4v) is 1.26. The summed E-state index contributed by atoms with van der Waals surface area (Å²) < 4.78 is 5.07. The van der Waals surface area contributed by atoms with E-state index in [1.807, 2.05) is 0 Å². The molecule has 4 heteroatoms. The van der Waals surface area contributed by atoms with Crippen LogP contribution in [0.25, 0.3) is 0 Å². The molecule has 0 saturated carbocycles. The number of oxazole rings is 1. The van der Waals surface area contributed by atoms with Crippen LogP contribution in [0.3, 0.4) is 0 Å². The summed E-state index contributed by atoms with van der Waals surface area (Å²) in [6.45, 7) is 2.05. The van der Waals surface area contributed by atoms with Gasteiger partial charge in [-0.2, -0.15) is 0 Å². The number of nitrogens with zero attached hydrogens (tertiary/aromatic N) is 1. The van der Waals surface area contributed by atoms with Gasteiger partial charge >= 0.3 is 0 Å². The Hall–Kier alpha value is -0.870. The molecule has 0 fully saturated rings. The van der Waals surface area contributed by atoms with Crippen molar-refractivity contribution >= 4 is 0 Å². The molecule has 0 spiro atoms. The Kier molecular flexibility index (Phi) is 6.02. The molecule has 14 heavy (non-hydrogen) atoms. The van der Waals surface area contributed by atoms with Crippen LogP contribution in [0.2, 0.25) is 0 Å². The Balaban J connectivity index is 1.85. The number of nitrogens with one attached hydrogen (secondary N) is 1. The van der Waals surface area contributed by atoms with Gasteiger partial charge in [0.05, 0.1) is 12.7 Å². The first-order chi connectivity index (χ1) is 6.93. The summed E-state index contributed by atoms with van der Waals surface area (Å²) in [5.74, 6) is 0.875. The zero-order chi connectivity index (χ0) is 10.1. The molecule has 0 unspecified atom stereocenters. The fraction of sp³-hybridized carbons (Fsp3) is 0.700. The van der Waals surface area contributed by atoms with Gasteiger partial charge in [-0.3, -0.25) is 0 Å². The van der Waals surface area contributed by atoms with Crippen molar-refractivity contribution in [2.75, 3.05) is 13.2 Å². The summed E-state index contributed by atoms with van der Waals surface area (Å²) in [4.78, 5) is 3.83. The zero-order valence-electron chi connectivity index (χ0n) is 8.41. The lowest BCUT2D eigenvalue weighted by Crippen LogP contribution is -2.14. The van der Waals surface area contributed by atoms with E-state index >= 15 is 0 Å². The molecule has 0 aromatic carbocycles. The molecule has 1 aromatic heterocycles. The minimum atomic E-state index is 0.311. The highest BCUT2D eigenvalue weighted by Gasteiger charge is 1.94. The Morgan fingerprint density at radius 3 is 2.86 bits per heavy atom. The average Bonchev–Trinajstić information content (AvgIpc) is 2.69. The van der Waals surface area contributed by atoms with E-state index in [1.54, 1.807) is 6.20 Å². The topological polar surface area (TPSA) is 58.3 Å². The van der Waals surface area contributed by atoms with Gasteiger partial charge in [-0.15, -0.1) is 0 Å². The molecule has 1 rings (SSSR count). The first-order valence-corrected chi connectivity index (χ1v) is 5.12. The molecule has 0 aliphatic carbocycles. The number of unbranched alkanes of at least 4 members (excludes halogenated alkanes) is 3. The number of rotatable bonds is 8. The van der Waals surface area contributed by atoms with E-state index in [1.165, 1.54) is 12.8 Å². The van der Waals surface area contributed by atoms with Crippen molar-refractivity contribution in [1.82, 2.24) is 10.3 Å². The van der Waals surface area contributed by atoms with Crippen LogP contribution in [-0.2, 0) is 6.54 Å². The van der Waals surface area contributed by atoms with Crippen LogP contribution >= 0.6 is 0 Å². The monoisotopic (exact) mass is 198 g/mol. The first kappa shape index (κ1) is 11.2. The van der Waals surface area contributed by atoms with Crippen LogP contribution in [0.1, 0.15) is 31.4 Å². The fourth-order valence-electron chi connectivity index (χ4n) is 1.26. The lowest BCUT2D eigenvalue weighted by Gasteiger charge is -2.01. The van der Waals surface area contributed by atoms with Gasteiger partial charge in [0.15, 0.2) is 6.39 Å². The Labute approximate surface area is 84.3 Å². The second-order valence-corrected chi connectivity index (χ2v) is 3.28. The zero-order valence-corrected chi connectivity index (χ0v) is 8.41. The van der Waals surface area contributed by atoms with Gasteiger partial charge in [0.2, 0.25) is 0 Å². The smallest absolute Gasteiger partial charge is 0.180 e. The van der Waals surface area contributed by atoms with Crippen molar-refractivity contribution in [2.45, 2.75) is 32.2 Å². The van der Waals surface area contributed by atoms with Crippen molar-refractivity contribution in [3.8, 4) is 0 Å². The number of aliphatic hydroxyl groups is 1. The summed E-state index contributed by atoms with van der Waals surface area (Å²) in [7, 11) is 0. The van der Waals surface area contributed by atoms with Crippen LogP contribution in [0.15, 0.2) is 17.0 Å². The highest BCUT2D eigenvalue weighted by Crippen LogP contribution is 1.99. The molecule has 0 saturated heterocycles. The van der Waals surface area contributed by atoms with E-state index in [0.29, 0.717) is 6.61 Å². The molecule has 0 radical (unpaired) electrons. The number of aliphatic hydroxyl groups excluding tert-OH is 1. The van der Waals surface area contributed by atoms with Crippen molar-refractivity contribution in [3.63, 3.8) is 0 Å². The summed E-state index contributed by atoms with van der Waals surface area (Å²) in [6.07, 6.45) is 7.51. The minimum Gasteiger partial charge on any atom is -0.447 e.